The molecular formula is C10H19N3S. The van der Waals surface area contributed by atoms with Gasteiger partial charge in [0.15, 0.2) is 5.13 Å². The molecule has 3 N–H and O–H groups in total. The summed E-state index contributed by atoms with van der Waals surface area (Å²) in [6, 6.07) is 0.230. The lowest BCUT2D eigenvalue weighted by molar-refractivity contribution is 0.407. The average molecular weight is 213 g/mol. The van der Waals surface area contributed by atoms with Crippen molar-refractivity contribution in [3.05, 3.63) is 11.6 Å². The number of nitrogens with one attached hydrogen (secondary N) is 1. The second-order valence-corrected chi connectivity index (χ2v) is 4.35. The van der Waals surface area contributed by atoms with E-state index in [1.807, 2.05) is 5.38 Å². The number of nitrogens with zero attached hydrogens (tertiary/aromatic N) is 1. The monoisotopic (exact) mass is 213 g/mol. The fraction of sp³-hybridized carbons (Fsp3) is 0.700. The predicted octanol–water partition coefficient (Wildman–Crippen LogP) is 2.32. The molecule has 0 radical (unpaired) electrons. The van der Waals surface area contributed by atoms with Crippen LogP contribution in [0.15, 0.2) is 11.6 Å². The van der Waals surface area contributed by atoms with Crippen LogP contribution in [-0.4, -0.2) is 17.6 Å². The van der Waals surface area contributed by atoms with Crippen LogP contribution in [0.1, 0.15) is 26.7 Å². The second kappa shape index (κ2) is 5.98. The maximum Gasteiger partial charge on any atom is 0.182 e. The van der Waals surface area contributed by atoms with Gasteiger partial charge in [-0.2, -0.15) is 0 Å². The van der Waals surface area contributed by atoms with E-state index in [4.69, 9.17) is 5.73 Å². The number of aromatic nitrogens is 1. The number of rotatable bonds is 6. The van der Waals surface area contributed by atoms with Crippen LogP contribution in [0.2, 0.25) is 0 Å². The quantitative estimate of drug-likeness (QED) is 0.762. The van der Waals surface area contributed by atoms with E-state index in [-0.39, 0.29) is 6.04 Å². The van der Waals surface area contributed by atoms with Crippen molar-refractivity contribution in [3.8, 4) is 0 Å². The molecule has 0 saturated heterocycles. The Morgan fingerprint density at radius 1 is 1.50 bits per heavy atom. The smallest absolute Gasteiger partial charge is 0.182 e. The molecule has 0 saturated carbocycles. The van der Waals surface area contributed by atoms with Crippen molar-refractivity contribution in [1.29, 1.82) is 0 Å². The summed E-state index contributed by atoms with van der Waals surface area (Å²) in [7, 11) is 0. The van der Waals surface area contributed by atoms with Gasteiger partial charge in [-0.3, -0.25) is 0 Å². The molecule has 1 rings (SSSR count). The Morgan fingerprint density at radius 2 is 2.21 bits per heavy atom. The molecule has 0 fully saturated rings. The molecule has 1 aromatic rings. The van der Waals surface area contributed by atoms with Gasteiger partial charge in [0.1, 0.15) is 0 Å². The maximum absolute atomic E-state index is 6.07. The molecule has 1 aromatic heterocycles. The molecule has 0 aromatic carbocycles. The SMILES string of the molecule is CCC(CC)C(N)CNc1nccs1. The van der Waals surface area contributed by atoms with Crippen molar-refractivity contribution >= 4 is 16.5 Å². The van der Waals surface area contributed by atoms with E-state index in [0.29, 0.717) is 5.92 Å². The molecule has 0 aliphatic rings. The van der Waals surface area contributed by atoms with Crippen LogP contribution in [0.5, 0.6) is 0 Å². The van der Waals surface area contributed by atoms with E-state index in [9.17, 15) is 0 Å². The number of nitrogens with two attached hydrogens (primary N) is 1. The van der Waals surface area contributed by atoms with E-state index in [1.165, 1.54) is 0 Å². The number of hydrogen-bond acceptors (Lipinski definition) is 4. The Hall–Kier alpha value is -0.610. The van der Waals surface area contributed by atoms with Crippen LogP contribution in [0.25, 0.3) is 0 Å². The summed E-state index contributed by atoms with van der Waals surface area (Å²) < 4.78 is 0. The van der Waals surface area contributed by atoms with Crippen molar-refractivity contribution in [2.45, 2.75) is 32.7 Å². The Bertz CT molecular complexity index is 232. The third-order valence-electron chi connectivity index (χ3n) is 2.58. The van der Waals surface area contributed by atoms with Gasteiger partial charge in [0, 0.05) is 24.2 Å². The number of anilines is 1. The summed E-state index contributed by atoms with van der Waals surface area (Å²) in [6.07, 6.45) is 4.10. The third-order valence-corrected chi connectivity index (χ3v) is 3.31. The van der Waals surface area contributed by atoms with Gasteiger partial charge in [0.2, 0.25) is 0 Å². The summed E-state index contributed by atoms with van der Waals surface area (Å²) >= 11 is 1.61. The minimum Gasteiger partial charge on any atom is -0.360 e. The molecule has 1 unspecified atom stereocenters. The minimum atomic E-state index is 0.230. The van der Waals surface area contributed by atoms with Crippen molar-refractivity contribution in [2.75, 3.05) is 11.9 Å². The molecule has 80 valence electrons. The first-order valence-corrected chi connectivity index (χ1v) is 6.04. The van der Waals surface area contributed by atoms with Crippen LogP contribution >= 0.6 is 11.3 Å². The molecule has 4 heteroatoms. The fourth-order valence-corrected chi connectivity index (χ4v) is 2.12. The summed E-state index contributed by atoms with van der Waals surface area (Å²) in [6.45, 7) is 5.20. The second-order valence-electron chi connectivity index (χ2n) is 3.46. The van der Waals surface area contributed by atoms with Gasteiger partial charge < -0.3 is 11.1 Å². The third kappa shape index (κ3) is 3.27. The highest BCUT2D eigenvalue weighted by molar-refractivity contribution is 7.13. The molecule has 1 heterocycles. The first kappa shape index (κ1) is 11.5. The Morgan fingerprint density at radius 3 is 2.71 bits per heavy atom. The highest BCUT2D eigenvalue weighted by Gasteiger charge is 2.13. The lowest BCUT2D eigenvalue weighted by Crippen LogP contribution is -2.36. The lowest BCUT2D eigenvalue weighted by Gasteiger charge is -2.21. The van der Waals surface area contributed by atoms with Crippen LogP contribution in [-0.2, 0) is 0 Å². The van der Waals surface area contributed by atoms with E-state index >= 15 is 0 Å². The van der Waals surface area contributed by atoms with Gasteiger partial charge >= 0.3 is 0 Å². The van der Waals surface area contributed by atoms with E-state index in [1.54, 1.807) is 17.5 Å². The Balaban J connectivity index is 2.30. The Kier molecular flexibility index (Phi) is 4.90. The predicted molar refractivity (Wildman–Crippen MR) is 62.7 cm³/mol. The van der Waals surface area contributed by atoms with Crippen molar-refractivity contribution in [1.82, 2.24) is 4.98 Å². The minimum absolute atomic E-state index is 0.230. The largest absolute Gasteiger partial charge is 0.360 e. The van der Waals surface area contributed by atoms with Crippen molar-refractivity contribution < 1.29 is 0 Å². The molecule has 0 spiro atoms. The number of hydrogen-bond donors (Lipinski definition) is 2. The van der Waals surface area contributed by atoms with E-state index in [2.05, 4.69) is 24.1 Å². The maximum atomic E-state index is 6.07. The standard InChI is InChI=1S/C10H19N3S/c1-3-8(4-2)9(11)7-13-10-12-5-6-14-10/h5-6,8-9H,3-4,7,11H2,1-2H3,(H,12,13). The molecule has 14 heavy (non-hydrogen) atoms. The van der Waals surface area contributed by atoms with E-state index < -0.39 is 0 Å². The lowest BCUT2D eigenvalue weighted by atomic mass is 9.95. The van der Waals surface area contributed by atoms with Gasteiger partial charge in [-0.05, 0) is 5.92 Å². The first-order chi connectivity index (χ1) is 6.77. The molecule has 0 aliphatic heterocycles. The Labute approximate surface area is 89.7 Å². The molecule has 0 aliphatic carbocycles. The van der Waals surface area contributed by atoms with Crippen LogP contribution < -0.4 is 11.1 Å². The zero-order valence-electron chi connectivity index (χ0n) is 8.86. The fourth-order valence-electron chi connectivity index (χ4n) is 1.58. The van der Waals surface area contributed by atoms with Crippen LogP contribution in [0, 0.1) is 5.92 Å². The molecule has 1 atom stereocenters. The van der Waals surface area contributed by atoms with Crippen molar-refractivity contribution in [3.63, 3.8) is 0 Å². The van der Waals surface area contributed by atoms with Gasteiger partial charge in [-0.25, -0.2) is 4.98 Å². The molecular weight excluding hydrogens is 194 g/mol. The van der Waals surface area contributed by atoms with Crippen molar-refractivity contribution in [2.24, 2.45) is 11.7 Å². The van der Waals surface area contributed by atoms with Gasteiger partial charge in [-0.15, -0.1) is 11.3 Å². The van der Waals surface area contributed by atoms with Crippen LogP contribution in [0.3, 0.4) is 0 Å². The summed E-state index contributed by atoms with van der Waals surface area (Å²) in [5.74, 6) is 0.613. The summed E-state index contributed by atoms with van der Waals surface area (Å²) in [5, 5.41) is 6.18. The van der Waals surface area contributed by atoms with E-state index in [0.717, 1.165) is 24.5 Å². The zero-order chi connectivity index (χ0) is 10.4. The highest BCUT2D eigenvalue weighted by atomic mass is 32.1. The summed E-state index contributed by atoms with van der Waals surface area (Å²) in [5.41, 5.74) is 6.07. The molecule has 0 bridgehead atoms. The first-order valence-electron chi connectivity index (χ1n) is 5.16. The molecule has 0 amide bonds. The van der Waals surface area contributed by atoms with Gasteiger partial charge in [-0.1, -0.05) is 26.7 Å². The highest BCUT2D eigenvalue weighted by Crippen LogP contribution is 2.14. The topological polar surface area (TPSA) is 50.9 Å². The molecule has 3 nitrogen and oxygen atoms in total. The normalized spacial score (nSPS) is 13.1. The van der Waals surface area contributed by atoms with Gasteiger partial charge in [0.25, 0.3) is 0 Å². The number of thiazole rings is 1. The zero-order valence-corrected chi connectivity index (χ0v) is 9.68. The average Bonchev–Trinajstić information content (AvgIpc) is 2.69. The van der Waals surface area contributed by atoms with Crippen LogP contribution in [0.4, 0.5) is 5.13 Å². The van der Waals surface area contributed by atoms with Gasteiger partial charge in [0.05, 0.1) is 0 Å². The summed E-state index contributed by atoms with van der Waals surface area (Å²) in [4.78, 5) is 4.15.